The van der Waals surface area contributed by atoms with Gasteiger partial charge in [0.2, 0.25) is 5.91 Å². The molecule has 1 aromatic carbocycles. The summed E-state index contributed by atoms with van der Waals surface area (Å²) < 4.78 is 39.3. The molecule has 1 amide bonds. The molecule has 2 heterocycles. The number of pyridine rings is 1. The Kier molecular flexibility index (Phi) is 7.79. The van der Waals surface area contributed by atoms with Gasteiger partial charge >= 0.3 is 5.69 Å². The number of aromatic nitrogens is 3. The van der Waals surface area contributed by atoms with Crippen LogP contribution in [0.1, 0.15) is 45.3 Å². The maximum Gasteiger partial charge on any atom is 0.326 e. The third-order valence-electron chi connectivity index (χ3n) is 4.32. The first-order valence-electron chi connectivity index (χ1n) is 9.61. The topological polar surface area (TPSA) is 128 Å². The Labute approximate surface area is 180 Å². The molecule has 0 bridgehead atoms. The monoisotopic (exact) mass is 452 g/mol. The van der Waals surface area contributed by atoms with Gasteiger partial charge in [-0.25, -0.2) is 18.0 Å². The van der Waals surface area contributed by atoms with E-state index >= 15 is 0 Å². The highest BCUT2D eigenvalue weighted by atomic mass is 19.1. The molecule has 1 atom stereocenters. The summed E-state index contributed by atoms with van der Waals surface area (Å²) in [5.41, 5.74) is -2.32. The van der Waals surface area contributed by atoms with E-state index in [1.165, 1.54) is 26.8 Å². The van der Waals surface area contributed by atoms with Crippen molar-refractivity contribution in [3.63, 3.8) is 0 Å². The summed E-state index contributed by atoms with van der Waals surface area (Å²) >= 11 is 0. The quantitative estimate of drug-likeness (QED) is 0.473. The maximum atomic E-state index is 13.4. The molecular weight excluding hydrogens is 429 g/mol. The summed E-state index contributed by atoms with van der Waals surface area (Å²) in [6.45, 7) is 4.29. The molecule has 32 heavy (non-hydrogen) atoms. The van der Waals surface area contributed by atoms with Gasteiger partial charge in [0.25, 0.3) is 5.56 Å². The van der Waals surface area contributed by atoms with Gasteiger partial charge in [-0.3, -0.25) is 19.6 Å². The number of phenols is 1. The van der Waals surface area contributed by atoms with Crippen LogP contribution >= 0.6 is 0 Å². The van der Waals surface area contributed by atoms with E-state index < -0.39 is 40.5 Å². The van der Waals surface area contributed by atoms with Crippen LogP contribution in [0.2, 0.25) is 0 Å². The average molecular weight is 452 g/mol. The van der Waals surface area contributed by atoms with E-state index in [0.29, 0.717) is 11.6 Å². The van der Waals surface area contributed by atoms with Gasteiger partial charge < -0.3 is 15.4 Å². The van der Waals surface area contributed by atoms with Crippen molar-refractivity contribution in [1.82, 2.24) is 20.3 Å². The van der Waals surface area contributed by atoms with Crippen LogP contribution in [0.5, 0.6) is 5.75 Å². The van der Waals surface area contributed by atoms with Gasteiger partial charge in [-0.2, -0.15) is 0 Å². The molecule has 2 aromatic heterocycles. The molecule has 0 aliphatic rings. The number of aromatic hydroxyl groups is 1. The van der Waals surface area contributed by atoms with Crippen LogP contribution in [0.15, 0.2) is 40.1 Å². The van der Waals surface area contributed by atoms with Crippen molar-refractivity contribution in [3.8, 4) is 5.75 Å². The van der Waals surface area contributed by atoms with Crippen molar-refractivity contribution in [2.45, 2.75) is 45.3 Å². The van der Waals surface area contributed by atoms with Crippen molar-refractivity contribution >= 4 is 16.8 Å². The van der Waals surface area contributed by atoms with Crippen LogP contribution in [-0.2, 0) is 4.79 Å². The van der Waals surface area contributed by atoms with Crippen LogP contribution in [0, 0.1) is 11.6 Å². The predicted octanol–water partition coefficient (Wildman–Crippen LogP) is 2.99. The number of carbonyl (C=O) groups is 1. The van der Waals surface area contributed by atoms with E-state index in [1.54, 1.807) is 12.1 Å². The third-order valence-corrected chi connectivity index (χ3v) is 4.32. The molecule has 0 fully saturated rings. The number of alkyl halides is 1. The number of nitrogens with zero attached hydrogens (tertiary/aromatic N) is 1. The van der Waals surface area contributed by atoms with Gasteiger partial charge in [-0.1, -0.05) is 6.07 Å². The largest absolute Gasteiger partial charge is 0.507 e. The molecule has 1 unspecified atom stereocenters. The van der Waals surface area contributed by atoms with Crippen LogP contribution < -0.4 is 16.6 Å². The SMILES string of the molecule is CC(NC(=O)CCC(C)(C)F)c1ncc(F)cc1F.O=c1[nH]c(=O)c2c(O)cccc2[nH]1. The van der Waals surface area contributed by atoms with Crippen molar-refractivity contribution in [3.05, 3.63) is 68.6 Å². The summed E-state index contributed by atoms with van der Waals surface area (Å²) in [7, 11) is 0. The number of hydrogen-bond donors (Lipinski definition) is 4. The Bertz CT molecular complexity index is 1220. The second-order valence-corrected chi connectivity index (χ2v) is 7.64. The first-order valence-corrected chi connectivity index (χ1v) is 9.61. The third kappa shape index (κ3) is 6.96. The minimum atomic E-state index is -1.43. The van der Waals surface area contributed by atoms with Crippen molar-refractivity contribution in [2.75, 3.05) is 0 Å². The Morgan fingerprint density at radius 3 is 2.56 bits per heavy atom. The highest BCUT2D eigenvalue weighted by molar-refractivity contribution is 5.83. The van der Waals surface area contributed by atoms with Gasteiger partial charge in [0.05, 0.1) is 23.4 Å². The number of phenolic OH excluding ortho intramolecular Hbond substituents is 1. The molecule has 0 aliphatic heterocycles. The molecule has 3 rings (SSSR count). The van der Waals surface area contributed by atoms with E-state index in [1.807, 2.05) is 4.98 Å². The molecule has 11 heteroatoms. The van der Waals surface area contributed by atoms with E-state index in [4.69, 9.17) is 0 Å². The normalized spacial score (nSPS) is 12.1. The van der Waals surface area contributed by atoms with Crippen molar-refractivity contribution in [2.24, 2.45) is 0 Å². The molecule has 3 aromatic rings. The highest BCUT2D eigenvalue weighted by Gasteiger charge is 2.20. The fourth-order valence-corrected chi connectivity index (χ4v) is 2.74. The standard InChI is InChI=1S/C13H17F3N2O.C8H6N2O3/c1-8(12-10(15)6-9(14)7-17-12)18-11(19)4-5-13(2,3)16;11-5-3-1-2-4-6(5)7(12)10-8(13)9-4/h6-8H,4-5H2,1-3H3,(H,18,19);1-3,11H,(H2,9,10,12,13). The molecule has 0 saturated heterocycles. The Morgan fingerprint density at radius 1 is 1.25 bits per heavy atom. The molecule has 172 valence electrons. The number of aromatic amines is 2. The van der Waals surface area contributed by atoms with Crippen LogP contribution in [0.4, 0.5) is 13.2 Å². The Morgan fingerprint density at radius 2 is 1.94 bits per heavy atom. The zero-order chi connectivity index (χ0) is 24.1. The number of benzene rings is 1. The zero-order valence-corrected chi connectivity index (χ0v) is 17.6. The van der Waals surface area contributed by atoms with Gasteiger partial charge in [0.1, 0.15) is 28.4 Å². The number of hydrogen-bond acceptors (Lipinski definition) is 5. The van der Waals surface area contributed by atoms with E-state index in [0.717, 1.165) is 6.20 Å². The molecular formula is C21H23F3N4O4. The van der Waals surface area contributed by atoms with E-state index in [9.17, 15) is 32.7 Å². The van der Waals surface area contributed by atoms with E-state index in [-0.39, 0.29) is 29.7 Å². The molecule has 0 saturated carbocycles. The summed E-state index contributed by atoms with van der Waals surface area (Å²) in [6.07, 6.45) is 0.952. The van der Waals surface area contributed by atoms with Crippen molar-refractivity contribution < 1.29 is 23.1 Å². The Balaban J connectivity index is 0.000000242. The minimum absolute atomic E-state index is 0.00332. The molecule has 8 nitrogen and oxygen atoms in total. The first kappa shape index (κ1) is 24.6. The lowest BCUT2D eigenvalue weighted by molar-refractivity contribution is -0.122. The second-order valence-electron chi connectivity index (χ2n) is 7.64. The Hall–Kier alpha value is -3.63. The zero-order valence-electron chi connectivity index (χ0n) is 17.6. The number of halogens is 3. The minimum Gasteiger partial charge on any atom is -0.507 e. The number of rotatable bonds is 5. The fourth-order valence-electron chi connectivity index (χ4n) is 2.74. The summed E-state index contributed by atoms with van der Waals surface area (Å²) in [5.74, 6) is -2.14. The van der Waals surface area contributed by atoms with Gasteiger partial charge in [-0.05, 0) is 39.3 Å². The fraction of sp³-hybridized carbons (Fsp3) is 0.333. The number of carbonyl (C=O) groups excluding carboxylic acids is 1. The lowest BCUT2D eigenvalue weighted by atomic mass is 10.0. The average Bonchev–Trinajstić information content (AvgIpc) is 2.65. The highest BCUT2D eigenvalue weighted by Crippen LogP contribution is 2.18. The molecule has 0 spiro atoms. The first-order chi connectivity index (χ1) is 14.9. The molecule has 0 aliphatic carbocycles. The lowest BCUT2D eigenvalue weighted by Crippen LogP contribution is -2.29. The smallest absolute Gasteiger partial charge is 0.326 e. The number of amides is 1. The number of nitrogens with one attached hydrogen (secondary N) is 3. The van der Waals surface area contributed by atoms with Gasteiger partial charge in [0.15, 0.2) is 0 Å². The van der Waals surface area contributed by atoms with Gasteiger partial charge in [0, 0.05) is 12.5 Å². The summed E-state index contributed by atoms with van der Waals surface area (Å²) in [4.78, 5) is 41.6. The predicted molar refractivity (Wildman–Crippen MR) is 112 cm³/mol. The summed E-state index contributed by atoms with van der Waals surface area (Å²) in [5, 5.41) is 11.9. The molecule has 0 radical (unpaired) electrons. The number of H-pyrrole nitrogens is 2. The van der Waals surface area contributed by atoms with E-state index in [2.05, 4.69) is 15.3 Å². The number of fused-ring (bicyclic) bond motifs is 1. The molecule has 4 N–H and O–H groups in total. The van der Waals surface area contributed by atoms with Crippen molar-refractivity contribution in [1.29, 1.82) is 0 Å². The van der Waals surface area contributed by atoms with Crippen LogP contribution in [-0.4, -0.2) is 31.6 Å². The summed E-state index contributed by atoms with van der Waals surface area (Å²) in [6, 6.07) is 4.49. The second kappa shape index (κ2) is 10.1. The van der Waals surface area contributed by atoms with Crippen LogP contribution in [0.25, 0.3) is 10.9 Å². The van der Waals surface area contributed by atoms with Crippen LogP contribution in [0.3, 0.4) is 0 Å². The van der Waals surface area contributed by atoms with Gasteiger partial charge in [-0.15, -0.1) is 0 Å². The lowest BCUT2D eigenvalue weighted by Gasteiger charge is -2.16. The maximum absolute atomic E-state index is 13.4.